The minimum Gasteiger partial charge on any atom is -0.375 e. The van der Waals surface area contributed by atoms with Crippen LogP contribution in [-0.2, 0) is 0 Å². The molecule has 1 aromatic rings. The lowest BCUT2D eigenvalue weighted by Gasteiger charge is -2.27. The summed E-state index contributed by atoms with van der Waals surface area (Å²) in [7, 11) is 0. The number of nitrogens with one attached hydrogen (secondary N) is 1. The van der Waals surface area contributed by atoms with Crippen LogP contribution < -0.4 is 11.1 Å². The lowest BCUT2D eigenvalue weighted by atomic mass is 9.95. The number of rotatable bonds is 4. The SMILES string of the molecule is CCC(C)(CC)NC(=O)c1csc(N)n1. The Morgan fingerprint density at radius 2 is 2.20 bits per heavy atom. The van der Waals surface area contributed by atoms with Gasteiger partial charge in [0.25, 0.3) is 5.91 Å². The van der Waals surface area contributed by atoms with Crippen LogP contribution >= 0.6 is 11.3 Å². The fourth-order valence-corrected chi connectivity index (χ4v) is 1.70. The Bertz CT molecular complexity index is 344. The molecule has 0 atom stereocenters. The lowest BCUT2D eigenvalue weighted by molar-refractivity contribution is 0.0896. The third kappa shape index (κ3) is 2.92. The second kappa shape index (κ2) is 4.61. The zero-order chi connectivity index (χ0) is 11.5. The summed E-state index contributed by atoms with van der Waals surface area (Å²) in [6.45, 7) is 6.14. The van der Waals surface area contributed by atoms with E-state index in [0.717, 1.165) is 12.8 Å². The van der Waals surface area contributed by atoms with Crippen LogP contribution in [-0.4, -0.2) is 16.4 Å². The predicted molar refractivity (Wildman–Crippen MR) is 63.0 cm³/mol. The number of anilines is 1. The molecule has 0 saturated heterocycles. The van der Waals surface area contributed by atoms with E-state index in [4.69, 9.17) is 5.73 Å². The van der Waals surface area contributed by atoms with Crippen molar-refractivity contribution >= 4 is 22.4 Å². The number of hydrogen-bond acceptors (Lipinski definition) is 4. The van der Waals surface area contributed by atoms with Crippen molar-refractivity contribution in [1.82, 2.24) is 10.3 Å². The van der Waals surface area contributed by atoms with Crippen LogP contribution in [0.5, 0.6) is 0 Å². The van der Waals surface area contributed by atoms with Crippen LogP contribution in [0.2, 0.25) is 0 Å². The first-order chi connectivity index (χ1) is 7.00. The van der Waals surface area contributed by atoms with Crippen LogP contribution in [0.1, 0.15) is 44.1 Å². The van der Waals surface area contributed by atoms with E-state index in [1.54, 1.807) is 5.38 Å². The van der Waals surface area contributed by atoms with E-state index in [0.29, 0.717) is 10.8 Å². The van der Waals surface area contributed by atoms with Gasteiger partial charge in [-0.2, -0.15) is 0 Å². The molecule has 1 rings (SSSR count). The summed E-state index contributed by atoms with van der Waals surface area (Å²) in [4.78, 5) is 15.7. The molecule has 0 spiro atoms. The lowest BCUT2D eigenvalue weighted by Crippen LogP contribution is -2.45. The molecular weight excluding hydrogens is 210 g/mol. The minimum absolute atomic E-state index is 0.144. The summed E-state index contributed by atoms with van der Waals surface area (Å²) in [5.41, 5.74) is 5.72. The van der Waals surface area contributed by atoms with Gasteiger partial charge in [0.2, 0.25) is 0 Å². The number of nitrogens with two attached hydrogens (primary N) is 1. The van der Waals surface area contributed by atoms with Gasteiger partial charge in [-0.3, -0.25) is 4.79 Å². The molecule has 0 aromatic carbocycles. The van der Waals surface area contributed by atoms with E-state index in [9.17, 15) is 4.79 Å². The van der Waals surface area contributed by atoms with Gasteiger partial charge in [0.1, 0.15) is 5.69 Å². The average molecular weight is 227 g/mol. The molecule has 0 fully saturated rings. The molecule has 0 aliphatic rings. The molecule has 15 heavy (non-hydrogen) atoms. The molecule has 1 aromatic heterocycles. The van der Waals surface area contributed by atoms with Crippen molar-refractivity contribution in [3.05, 3.63) is 11.1 Å². The van der Waals surface area contributed by atoms with Crippen LogP contribution in [0.4, 0.5) is 5.13 Å². The fraction of sp³-hybridized carbons (Fsp3) is 0.600. The number of thiazole rings is 1. The van der Waals surface area contributed by atoms with Gasteiger partial charge in [0, 0.05) is 10.9 Å². The van der Waals surface area contributed by atoms with Crippen LogP contribution in [0.15, 0.2) is 5.38 Å². The number of nitrogens with zero attached hydrogens (tertiary/aromatic N) is 1. The van der Waals surface area contributed by atoms with Crippen molar-refractivity contribution in [3.8, 4) is 0 Å². The molecule has 0 saturated carbocycles. The monoisotopic (exact) mass is 227 g/mol. The van der Waals surface area contributed by atoms with Crippen molar-refractivity contribution in [2.45, 2.75) is 39.2 Å². The van der Waals surface area contributed by atoms with Crippen LogP contribution in [0.25, 0.3) is 0 Å². The molecule has 0 aliphatic heterocycles. The van der Waals surface area contributed by atoms with Crippen molar-refractivity contribution in [2.24, 2.45) is 0 Å². The van der Waals surface area contributed by atoms with Crippen molar-refractivity contribution in [2.75, 3.05) is 5.73 Å². The fourth-order valence-electron chi connectivity index (χ4n) is 1.16. The van der Waals surface area contributed by atoms with Crippen molar-refractivity contribution in [3.63, 3.8) is 0 Å². The maximum atomic E-state index is 11.8. The number of carbonyl (C=O) groups excluding carboxylic acids is 1. The second-order valence-corrected chi connectivity index (χ2v) is 4.68. The summed E-state index contributed by atoms with van der Waals surface area (Å²) < 4.78 is 0. The maximum Gasteiger partial charge on any atom is 0.271 e. The Hall–Kier alpha value is -1.10. The molecule has 1 heterocycles. The van der Waals surface area contributed by atoms with Crippen LogP contribution in [0, 0.1) is 0 Å². The highest BCUT2D eigenvalue weighted by Crippen LogP contribution is 2.16. The first kappa shape index (κ1) is 12.0. The van der Waals surface area contributed by atoms with Gasteiger partial charge in [-0.15, -0.1) is 11.3 Å². The Labute approximate surface area is 93.9 Å². The largest absolute Gasteiger partial charge is 0.375 e. The van der Waals surface area contributed by atoms with Gasteiger partial charge in [0.05, 0.1) is 0 Å². The normalized spacial score (nSPS) is 11.4. The van der Waals surface area contributed by atoms with E-state index in [2.05, 4.69) is 24.1 Å². The van der Waals surface area contributed by atoms with Gasteiger partial charge < -0.3 is 11.1 Å². The molecule has 5 heteroatoms. The number of amides is 1. The summed E-state index contributed by atoms with van der Waals surface area (Å²) in [5.74, 6) is -0.144. The molecule has 0 bridgehead atoms. The zero-order valence-corrected chi connectivity index (χ0v) is 10.1. The van der Waals surface area contributed by atoms with Crippen molar-refractivity contribution < 1.29 is 4.79 Å². The highest BCUT2D eigenvalue weighted by Gasteiger charge is 2.23. The Kier molecular flexibility index (Phi) is 3.68. The minimum atomic E-state index is -0.157. The standard InChI is InChI=1S/C10H17N3OS/c1-4-10(3,5-2)13-8(14)7-6-15-9(11)12-7/h6H,4-5H2,1-3H3,(H2,11,12)(H,13,14). The number of carbonyl (C=O) groups is 1. The van der Waals surface area contributed by atoms with Gasteiger partial charge in [-0.1, -0.05) is 13.8 Å². The summed E-state index contributed by atoms with van der Waals surface area (Å²) in [6, 6.07) is 0. The maximum absolute atomic E-state index is 11.8. The molecular formula is C10H17N3OS. The number of nitrogen functional groups attached to an aromatic ring is 1. The quantitative estimate of drug-likeness (QED) is 0.827. The van der Waals surface area contributed by atoms with E-state index in [1.165, 1.54) is 11.3 Å². The Morgan fingerprint density at radius 1 is 1.60 bits per heavy atom. The number of hydrogen-bond donors (Lipinski definition) is 2. The third-order valence-electron chi connectivity index (χ3n) is 2.73. The highest BCUT2D eigenvalue weighted by atomic mass is 32.1. The molecule has 3 N–H and O–H groups in total. The van der Waals surface area contributed by atoms with E-state index < -0.39 is 0 Å². The van der Waals surface area contributed by atoms with Gasteiger partial charge >= 0.3 is 0 Å². The topological polar surface area (TPSA) is 68.0 Å². The first-order valence-corrected chi connectivity index (χ1v) is 5.92. The summed E-state index contributed by atoms with van der Waals surface area (Å²) in [6.07, 6.45) is 1.80. The molecule has 1 amide bonds. The van der Waals surface area contributed by atoms with Gasteiger partial charge in [0.15, 0.2) is 5.13 Å². The summed E-state index contributed by atoms with van der Waals surface area (Å²) >= 11 is 1.28. The van der Waals surface area contributed by atoms with Crippen molar-refractivity contribution in [1.29, 1.82) is 0 Å². The molecule has 84 valence electrons. The van der Waals surface area contributed by atoms with E-state index in [-0.39, 0.29) is 11.4 Å². The van der Waals surface area contributed by atoms with Gasteiger partial charge in [-0.25, -0.2) is 4.98 Å². The summed E-state index contributed by atoms with van der Waals surface area (Å²) in [5, 5.41) is 5.07. The molecule has 0 unspecified atom stereocenters. The van der Waals surface area contributed by atoms with E-state index >= 15 is 0 Å². The second-order valence-electron chi connectivity index (χ2n) is 3.79. The Balaban J connectivity index is 2.71. The Morgan fingerprint density at radius 3 is 2.60 bits per heavy atom. The highest BCUT2D eigenvalue weighted by molar-refractivity contribution is 7.13. The third-order valence-corrected chi connectivity index (χ3v) is 3.40. The smallest absolute Gasteiger partial charge is 0.271 e. The first-order valence-electron chi connectivity index (χ1n) is 5.04. The average Bonchev–Trinajstić information content (AvgIpc) is 2.65. The van der Waals surface area contributed by atoms with Crippen LogP contribution in [0.3, 0.4) is 0 Å². The molecule has 0 aliphatic carbocycles. The predicted octanol–water partition coefficient (Wildman–Crippen LogP) is 2.03. The molecule has 4 nitrogen and oxygen atoms in total. The van der Waals surface area contributed by atoms with Gasteiger partial charge in [-0.05, 0) is 19.8 Å². The number of aromatic nitrogens is 1. The molecule has 0 radical (unpaired) electrons. The van der Waals surface area contributed by atoms with E-state index in [1.807, 2.05) is 6.92 Å². The zero-order valence-electron chi connectivity index (χ0n) is 9.33.